The number of amides is 1. The first-order chi connectivity index (χ1) is 12.8. The molecule has 0 fully saturated rings. The average Bonchev–Trinajstić information content (AvgIpc) is 2.93. The summed E-state index contributed by atoms with van der Waals surface area (Å²) < 4.78 is 15.9. The van der Waals surface area contributed by atoms with Gasteiger partial charge in [0.25, 0.3) is 11.5 Å². The van der Waals surface area contributed by atoms with Crippen molar-refractivity contribution in [2.24, 2.45) is 0 Å². The van der Waals surface area contributed by atoms with Crippen LogP contribution in [-0.4, -0.2) is 43.9 Å². The Kier molecular flexibility index (Phi) is 3.84. The molecule has 0 unspecified atom stereocenters. The second-order valence-electron chi connectivity index (χ2n) is 6.40. The van der Waals surface area contributed by atoms with E-state index < -0.39 is 23.0 Å². The van der Waals surface area contributed by atoms with E-state index in [1.54, 1.807) is 7.05 Å². The molecule has 0 bridgehead atoms. The Balaban J connectivity index is 1.91. The van der Waals surface area contributed by atoms with Crippen molar-refractivity contribution in [2.45, 2.75) is 13.1 Å². The number of carbonyl (C=O) groups is 1. The monoisotopic (exact) mass is 391 g/mol. The molecule has 1 aromatic carbocycles. The maximum atomic E-state index is 13.3. The summed E-state index contributed by atoms with van der Waals surface area (Å²) in [6.07, 6.45) is 0. The number of carbonyl (C=O) groups excluding carboxylic acids is 1. The van der Waals surface area contributed by atoms with Crippen LogP contribution < -0.4 is 11.3 Å². The zero-order chi connectivity index (χ0) is 19.5. The van der Waals surface area contributed by atoms with Gasteiger partial charge < -0.3 is 20.3 Å². The first kappa shape index (κ1) is 17.3. The van der Waals surface area contributed by atoms with Crippen LogP contribution in [0.15, 0.2) is 23.0 Å². The quantitative estimate of drug-likeness (QED) is 0.687. The van der Waals surface area contributed by atoms with E-state index in [0.717, 1.165) is 4.68 Å². The van der Waals surface area contributed by atoms with Crippen LogP contribution in [0.4, 0.5) is 10.2 Å². The van der Waals surface area contributed by atoms with E-state index in [4.69, 9.17) is 17.3 Å². The number of rotatable bonds is 2. The lowest BCUT2D eigenvalue weighted by Crippen LogP contribution is -2.37. The second-order valence-corrected chi connectivity index (χ2v) is 6.80. The largest absolute Gasteiger partial charge is 0.505 e. The van der Waals surface area contributed by atoms with Gasteiger partial charge in [-0.2, -0.15) is 0 Å². The van der Waals surface area contributed by atoms with E-state index in [0.29, 0.717) is 18.7 Å². The van der Waals surface area contributed by atoms with Crippen LogP contribution in [0.1, 0.15) is 16.1 Å². The van der Waals surface area contributed by atoms with Crippen LogP contribution in [0.25, 0.3) is 10.9 Å². The van der Waals surface area contributed by atoms with Gasteiger partial charge in [-0.25, -0.2) is 9.07 Å². The summed E-state index contributed by atoms with van der Waals surface area (Å²) in [6, 6.07) is 4.04. The number of anilines is 1. The van der Waals surface area contributed by atoms with Crippen LogP contribution in [-0.2, 0) is 13.1 Å². The maximum absolute atomic E-state index is 13.3. The van der Waals surface area contributed by atoms with Crippen LogP contribution in [0, 0.1) is 5.82 Å². The van der Waals surface area contributed by atoms with E-state index in [9.17, 15) is 19.1 Å². The first-order valence-corrected chi connectivity index (χ1v) is 8.48. The zero-order valence-corrected chi connectivity index (χ0v) is 15.0. The number of hydrogen-bond donors (Lipinski definition) is 2. The number of benzene rings is 1. The van der Waals surface area contributed by atoms with Crippen LogP contribution in [0.5, 0.6) is 5.75 Å². The lowest BCUT2D eigenvalue weighted by atomic mass is 10.2. The fourth-order valence-electron chi connectivity index (χ4n) is 3.32. The molecular formula is C17H15ClFN5O3. The summed E-state index contributed by atoms with van der Waals surface area (Å²) in [4.78, 5) is 26.8. The molecule has 8 nitrogen and oxygen atoms in total. The lowest BCUT2D eigenvalue weighted by molar-refractivity contribution is 0.0747. The summed E-state index contributed by atoms with van der Waals surface area (Å²) in [5.41, 5.74) is 6.23. The van der Waals surface area contributed by atoms with Crippen molar-refractivity contribution in [3.05, 3.63) is 50.7 Å². The van der Waals surface area contributed by atoms with Crippen molar-refractivity contribution in [3.8, 4) is 5.75 Å². The topological polar surface area (TPSA) is 106 Å². The predicted molar refractivity (Wildman–Crippen MR) is 97.5 cm³/mol. The Bertz CT molecular complexity index is 1170. The number of hydrogen-bond acceptors (Lipinski definition) is 5. The minimum absolute atomic E-state index is 0.0108. The summed E-state index contributed by atoms with van der Waals surface area (Å²) in [5.74, 6) is -1.37. The highest BCUT2D eigenvalue weighted by Gasteiger charge is 2.32. The van der Waals surface area contributed by atoms with Gasteiger partial charge in [0.15, 0.2) is 17.3 Å². The van der Waals surface area contributed by atoms with Gasteiger partial charge in [0.05, 0.1) is 11.6 Å². The van der Waals surface area contributed by atoms with Crippen LogP contribution >= 0.6 is 11.6 Å². The molecule has 0 spiro atoms. The summed E-state index contributed by atoms with van der Waals surface area (Å²) >= 11 is 5.78. The SMILES string of the molecule is CN1CCn2c(c(O)c3c(=O)n(Cc4ccc(F)c(Cl)c4)nc(N)c32)C1=O. The van der Waals surface area contributed by atoms with E-state index in [1.807, 2.05) is 0 Å². The minimum atomic E-state index is -0.602. The normalized spacial score (nSPS) is 14.0. The average molecular weight is 392 g/mol. The standard InChI is InChI=1S/C17H15ClFN5O3/c1-22-4-5-23-12-11(14(25)13(23)17(22)27)16(26)24(21-15(12)20)7-8-2-3-10(19)9(18)6-8/h2-3,6,25H,4-5,7H2,1H3,(H2,20,21). The van der Waals surface area contributed by atoms with Crippen molar-refractivity contribution < 1.29 is 14.3 Å². The van der Waals surface area contributed by atoms with Gasteiger partial charge in [-0.05, 0) is 17.7 Å². The molecule has 1 amide bonds. The van der Waals surface area contributed by atoms with Crippen molar-refractivity contribution in [2.75, 3.05) is 19.3 Å². The minimum Gasteiger partial charge on any atom is -0.505 e. The Morgan fingerprint density at radius 3 is 2.78 bits per heavy atom. The van der Waals surface area contributed by atoms with Crippen molar-refractivity contribution in [3.63, 3.8) is 0 Å². The molecule has 3 N–H and O–H groups in total. The number of likely N-dealkylation sites (N-methyl/N-ethyl adjacent to an activating group) is 1. The summed E-state index contributed by atoms with van der Waals surface area (Å²) in [6.45, 7) is 0.788. The Morgan fingerprint density at radius 1 is 1.33 bits per heavy atom. The fraction of sp³-hybridized carbons (Fsp3) is 0.235. The molecule has 27 heavy (non-hydrogen) atoms. The lowest BCUT2D eigenvalue weighted by Gasteiger charge is -2.24. The Hall–Kier alpha value is -3.07. The molecule has 0 radical (unpaired) electrons. The molecule has 3 heterocycles. The van der Waals surface area contributed by atoms with E-state index in [1.165, 1.54) is 27.7 Å². The number of aromatic nitrogens is 3. The molecular weight excluding hydrogens is 377 g/mol. The number of nitrogen functional groups attached to an aromatic ring is 1. The zero-order valence-electron chi connectivity index (χ0n) is 14.2. The second kappa shape index (κ2) is 5.98. The Labute approximate surface area is 157 Å². The Morgan fingerprint density at radius 2 is 2.07 bits per heavy atom. The maximum Gasteiger partial charge on any atom is 0.280 e. The fourth-order valence-corrected chi connectivity index (χ4v) is 3.52. The third-order valence-electron chi connectivity index (χ3n) is 4.68. The third-order valence-corrected chi connectivity index (χ3v) is 4.97. The van der Waals surface area contributed by atoms with Gasteiger partial charge in [-0.15, -0.1) is 5.10 Å². The van der Waals surface area contributed by atoms with Crippen LogP contribution in [0.3, 0.4) is 0 Å². The van der Waals surface area contributed by atoms with Gasteiger partial charge in [0.2, 0.25) is 0 Å². The molecule has 0 saturated carbocycles. The highest BCUT2D eigenvalue weighted by molar-refractivity contribution is 6.30. The highest BCUT2D eigenvalue weighted by Crippen LogP contribution is 2.34. The molecule has 1 aliphatic rings. The molecule has 1 aliphatic heterocycles. The number of halogens is 2. The van der Waals surface area contributed by atoms with Gasteiger partial charge in [0.1, 0.15) is 16.7 Å². The number of aromatic hydroxyl groups is 1. The molecule has 0 saturated heterocycles. The van der Waals surface area contributed by atoms with Gasteiger partial charge >= 0.3 is 0 Å². The van der Waals surface area contributed by atoms with E-state index in [-0.39, 0.29) is 34.0 Å². The molecule has 3 aromatic rings. The smallest absolute Gasteiger partial charge is 0.280 e. The summed E-state index contributed by atoms with van der Waals surface area (Å²) in [5, 5.41) is 14.5. The van der Waals surface area contributed by atoms with Crippen molar-refractivity contribution >= 4 is 34.2 Å². The molecule has 140 valence electrons. The highest BCUT2D eigenvalue weighted by atomic mass is 35.5. The van der Waals surface area contributed by atoms with Crippen LogP contribution in [0.2, 0.25) is 5.02 Å². The molecule has 4 rings (SSSR count). The van der Waals surface area contributed by atoms with E-state index in [2.05, 4.69) is 5.10 Å². The third kappa shape index (κ3) is 2.54. The molecule has 0 atom stereocenters. The molecule has 2 aromatic heterocycles. The number of fused-ring (bicyclic) bond motifs is 3. The van der Waals surface area contributed by atoms with E-state index >= 15 is 0 Å². The summed E-state index contributed by atoms with van der Waals surface area (Å²) in [7, 11) is 1.61. The molecule has 0 aliphatic carbocycles. The number of nitrogens with two attached hydrogens (primary N) is 1. The van der Waals surface area contributed by atoms with Crippen molar-refractivity contribution in [1.29, 1.82) is 0 Å². The van der Waals surface area contributed by atoms with Gasteiger partial charge in [0, 0.05) is 20.1 Å². The van der Waals surface area contributed by atoms with Gasteiger partial charge in [-0.3, -0.25) is 9.59 Å². The first-order valence-electron chi connectivity index (χ1n) is 8.10. The van der Waals surface area contributed by atoms with Gasteiger partial charge in [-0.1, -0.05) is 17.7 Å². The number of nitrogens with zero attached hydrogens (tertiary/aromatic N) is 4. The van der Waals surface area contributed by atoms with Crippen molar-refractivity contribution in [1.82, 2.24) is 19.2 Å². The molecule has 10 heteroatoms. The predicted octanol–water partition coefficient (Wildman–Crippen LogP) is 1.41.